The molecule has 0 radical (unpaired) electrons. The van der Waals surface area contributed by atoms with Crippen molar-refractivity contribution < 1.29 is 0 Å². The van der Waals surface area contributed by atoms with Gasteiger partial charge in [0.2, 0.25) is 11.0 Å². The molecule has 0 saturated carbocycles. The normalized spacial score (nSPS) is 11.4. The quantitative estimate of drug-likeness (QED) is 0.0777. The average Bonchev–Trinajstić information content (AvgIpc) is 0.692. The lowest BCUT2D eigenvalue weighted by atomic mass is 9.95. The topological polar surface area (TPSA) is 249 Å². The Kier molecular flexibility index (Phi) is 19.8. The molecule has 0 aliphatic carbocycles. The lowest BCUT2D eigenvalue weighted by Crippen LogP contribution is -1.93. The fraction of sp³-hybridized carbons (Fsp3) is 0. The van der Waals surface area contributed by atoms with Gasteiger partial charge in [0.05, 0.1) is 73.8 Å². The molecule has 140 heavy (non-hydrogen) atoms. The van der Waals surface area contributed by atoms with E-state index in [-0.39, 0.29) is 11.6 Å². The summed E-state index contributed by atoms with van der Waals surface area (Å²) in [5.41, 5.74) is 15.4. The highest BCUT2D eigenvalue weighted by atomic mass is 15.0. The summed E-state index contributed by atoms with van der Waals surface area (Å²) in [7, 11) is 0. The number of rotatable bonds is 0. The zero-order valence-corrected chi connectivity index (χ0v) is 73.6. The third kappa shape index (κ3) is 13.8. The molecule has 10 heterocycles. The van der Waals surface area contributed by atoms with Gasteiger partial charge in [-0.2, -0.15) is 0 Å². The molecule has 644 valence electrons. The Bertz CT molecular complexity index is 9400. The SMILES string of the molecule is [C-]#[N+]c1cc2c3cc4ccccc4cc3c3nccnc3c2cc1[N+]#[C-].[C-]#[N+]c1nc2c3cc4ccccc4cc3c3nccnc3c2nc1[N+]#[C-].c1ccc2cc3c(cc2c1)c1ccccc1c1nccnc31.c1ccc2cc3c(cc2c1)c1cccnc1c1nccnc31.c1ccc2cc3c(cc2c1)c1ncccc1c1nccnc31.c1ccc2cc3c(cc2c1)c1nccnc1c1nccnc31. The Labute approximate surface area is 792 Å². The molecule has 0 atom stereocenters. The van der Waals surface area contributed by atoms with Crippen LogP contribution in [-0.4, -0.2) is 89.7 Å². The minimum atomic E-state index is -0.0143. The summed E-state index contributed by atoms with van der Waals surface area (Å²) in [4.78, 5) is 95.2. The maximum absolute atomic E-state index is 7.42. The highest BCUT2D eigenvalue weighted by Gasteiger charge is 2.24. The summed E-state index contributed by atoms with van der Waals surface area (Å²) in [6.45, 7) is 29.4. The van der Waals surface area contributed by atoms with Crippen molar-refractivity contribution in [2.45, 2.75) is 0 Å². The molecule has 22 heteroatoms. The summed E-state index contributed by atoms with van der Waals surface area (Å²) < 4.78 is 0. The number of benzene rings is 20. The third-order valence-electron chi connectivity index (χ3n) is 25.8. The minimum absolute atomic E-state index is 0.00481. The second-order valence-corrected chi connectivity index (χ2v) is 33.5. The molecule has 22 nitrogen and oxygen atoms in total. The molecule has 10 aromatic heterocycles. The molecule has 0 amide bonds. The van der Waals surface area contributed by atoms with E-state index in [1.165, 1.54) is 64.6 Å². The molecule has 0 aliphatic rings. The first-order valence-electron chi connectivity index (χ1n) is 44.8. The van der Waals surface area contributed by atoms with E-state index in [0.717, 1.165) is 174 Å². The van der Waals surface area contributed by atoms with E-state index in [4.69, 9.17) is 26.3 Å². The molecule has 30 rings (SSSR count). The fourth-order valence-electron chi connectivity index (χ4n) is 19.5. The number of fused-ring (bicyclic) bond motifs is 42. The van der Waals surface area contributed by atoms with Crippen LogP contribution >= 0.6 is 0 Å². The number of hydrogen-bond donors (Lipinski definition) is 0. The van der Waals surface area contributed by atoms with Gasteiger partial charge in [0.25, 0.3) is 11.6 Å². The Hall–Kier alpha value is -20.5. The lowest BCUT2D eigenvalue weighted by Gasteiger charge is -2.11. The Balaban J connectivity index is 0.0000000888. The predicted octanol–water partition coefficient (Wildman–Crippen LogP) is 29.1. The molecular formula is C118H62N22. The highest BCUT2D eigenvalue weighted by molar-refractivity contribution is 6.31. The van der Waals surface area contributed by atoms with Gasteiger partial charge in [-0.15, -0.1) is 9.97 Å². The van der Waals surface area contributed by atoms with Gasteiger partial charge in [-0.3, -0.25) is 84.4 Å². The van der Waals surface area contributed by atoms with E-state index in [9.17, 15) is 0 Å². The molecule has 0 bridgehead atoms. The van der Waals surface area contributed by atoms with E-state index in [1.54, 1.807) is 98.9 Å². The number of aromatic nitrogens is 18. The number of hydrogen-bond acceptors (Lipinski definition) is 18. The van der Waals surface area contributed by atoms with Crippen LogP contribution in [0.2, 0.25) is 0 Å². The van der Waals surface area contributed by atoms with Crippen molar-refractivity contribution in [1.82, 2.24) is 89.7 Å². The van der Waals surface area contributed by atoms with Crippen molar-refractivity contribution >= 4 is 284 Å². The molecule has 0 spiro atoms. The zero-order valence-electron chi connectivity index (χ0n) is 73.6. The van der Waals surface area contributed by atoms with Crippen LogP contribution in [0.1, 0.15) is 0 Å². The van der Waals surface area contributed by atoms with Crippen molar-refractivity contribution in [3.63, 3.8) is 0 Å². The highest BCUT2D eigenvalue weighted by Crippen LogP contribution is 2.45. The predicted molar refractivity (Wildman–Crippen MR) is 564 cm³/mol. The van der Waals surface area contributed by atoms with Crippen LogP contribution in [0.5, 0.6) is 0 Å². The molecule has 0 unspecified atom stereocenters. The summed E-state index contributed by atoms with van der Waals surface area (Å²) >= 11 is 0. The van der Waals surface area contributed by atoms with Gasteiger partial charge in [-0.1, -0.05) is 201 Å². The summed E-state index contributed by atoms with van der Waals surface area (Å²) in [6, 6.07) is 95.8. The molecule has 0 saturated heterocycles. The molecule has 20 aromatic carbocycles. The summed E-state index contributed by atoms with van der Waals surface area (Å²) in [5, 5.41) is 33.3. The fourth-order valence-corrected chi connectivity index (χ4v) is 19.5. The van der Waals surface area contributed by atoms with E-state index < -0.39 is 0 Å². The first-order chi connectivity index (χ1) is 69.3. The van der Waals surface area contributed by atoms with Crippen LogP contribution in [0.15, 0.2) is 378 Å². The largest absolute Gasteiger partial charge is 0.370 e. The van der Waals surface area contributed by atoms with E-state index in [2.05, 4.69) is 309 Å². The Morgan fingerprint density at radius 2 is 0.307 bits per heavy atom. The van der Waals surface area contributed by atoms with Gasteiger partial charge < -0.3 is 9.69 Å². The average molecular weight is 1790 g/mol. The van der Waals surface area contributed by atoms with Crippen molar-refractivity contribution in [3.05, 3.63) is 424 Å². The number of nitrogens with zero attached hydrogens (tertiary/aromatic N) is 22. The van der Waals surface area contributed by atoms with Gasteiger partial charge in [-0.05, 0) is 188 Å². The molecule has 30 aromatic rings. The van der Waals surface area contributed by atoms with Crippen LogP contribution < -0.4 is 0 Å². The summed E-state index contributed by atoms with van der Waals surface area (Å²) in [5.74, 6) is -0.00945. The smallest absolute Gasteiger partial charge is 0.294 e. The van der Waals surface area contributed by atoms with Crippen molar-refractivity contribution in [1.29, 1.82) is 0 Å². The van der Waals surface area contributed by atoms with Gasteiger partial charge >= 0.3 is 0 Å². The van der Waals surface area contributed by atoms with Crippen LogP contribution in [-0.2, 0) is 0 Å². The lowest BCUT2D eigenvalue weighted by molar-refractivity contribution is 1.27. The minimum Gasteiger partial charge on any atom is -0.370 e. The van der Waals surface area contributed by atoms with Crippen LogP contribution in [0, 0.1) is 26.3 Å². The third-order valence-corrected chi connectivity index (χ3v) is 25.8. The zero-order chi connectivity index (χ0) is 93.4. The van der Waals surface area contributed by atoms with Gasteiger partial charge in [0.1, 0.15) is 27.6 Å². The van der Waals surface area contributed by atoms with Crippen molar-refractivity contribution in [2.24, 2.45) is 0 Å². The summed E-state index contributed by atoms with van der Waals surface area (Å²) in [6.07, 6.45) is 27.5. The standard InChI is InChI=1S/C22H10N4.C20H8N6.C20H12N2.2C19H11N3.C18H10N4/c1-23-19-11-16-15-9-13-5-3-4-6-14(13)10-17(15)21-22(26-8-7-25-21)18(16)12-20(19)24-2;1-21-19-20(22-2)26-18-16(25-19)14-10-12-6-4-3-5-11(12)9-13(14)15-17(18)24-8-7-23-15;1-2-6-14-12-18-17(11-13(14)5-1)15-7-3-4-8-16(15)19-20(18)22-10-9-21-19;1-2-5-13-11-16-15(10-12(13)4-1)17-14(6-3-7-20-17)18-19(16)22-9-8-21-18;1-2-5-13-11-16-15(10-12(13)4-1)14-6-3-7-20-17(14)19-18(16)21-8-9-22-19;1-2-4-12-10-14-13(9-11(12)3-1)15-17(21-7-5-19-15)18-16(14)20-6-8-22-18/h3-12H;3-10H;1-12H;2*1-11H;1-10H. The number of pyridine rings is 2. The van der Waals surface area contributed by atoms with E-state index in [1.807, 2.05) is 79.1 Å². The molecular weight excluding hydrogens is 1730 g/mol. The monoisotopic (exact) mass is 1790 g/mol. The van der Waals surface area contributed by atoms with E-state index >= 15 is 0 Å². The first kappa shape index (κ1) is 81.5. The maximum Gasteiger partial charge on any atom is 0.294 e. The van der Waals surface area contributed by atoms with Crippen LogP contribution in [0.4, 0.5) is 23.0 Å². The van der Waals surface area contributed by atoms with Crippen molar-refractivity contribution in [3.8, 4) is 0 Å². The molecule has 0 fully saturated rings. The van der Waals surface area contributed by atoms with Gasteiger partial charge in [0.15, 0.2) is 11.4 Å². The molecule has 0 N–H and O–H groups in total. The maximum atomic E-state index is 7.42. The Morgan fingerprint density at radius 1 is 0.129 bits per heavy atom. The van der Waals surface area contributed by atoms with E-state index in [0.29, 0.717) is 33.4 Å². The van der Waals surface area contributed by atoms with Gasteiger partial charge in [0, 0.05) is 164 Å². The van der Waals surface area contributed by atoms with Crippen LogP contribution in [0.25, 0.3) is 280 Å². The Morgan fingerprint density at radius 3 is 0.643 bits per heavy atom. The molecule has 0 aliphatic heterocycles. The first-order valence-corrected chi connectivity index (χ1v) is 44.8. The van der Waals surface area contributed by atoms with Crippen LogP contribution in [0.3, 0.4) is 0 Å². The second-order valence-electron chi connectivity index (χ2n) is 33.5. The van der Waals surface area contributed by atoms with Gasteiger partial charge in [-0.25, -0.2) is 4.98 Å². The second kappa shape index (κ2) is 34.0. The van der Waals surface area contributed by atoms with Crippen molar-refractivity contribution in [2.75, 3.05) is 0 Å².